The highest BCUT2D eigenvalue weighted by Crippen LogP contribution is 2.28. The molecule has 1 unspecified atom stereocenters. The summed E-state index contributed by atoms with van der Waals surface area (Å²) in [6.45, 7) is 0. The number of anilines is 1. The van der Waals surface area contributed by atoms with Gasteiger partial charge in [0.25, 0.3) is 0 Å². The third kappa shape index (κ3) is 3.69. The standard InChI is InChI=1S/C18H20N4O3/c1-25-18(24)13(10-19)16-17(20-11-6-8-12(23)9-7-11)22-15-5-3-2-4-14(15)21-16/h2-5,11-13,23H,6-9H2,1H3,(H,20,22). The zero-order chi connectivity index (χ0) is 17.8. The molecule has 130 valence electrons. The highest BCUT2D eigenvalue weighted by atomic mass is 16.5. The number of hydrogen-bond donors (Lipinski definition) is 2. The molecule has 2 aromatic rings. The van der Waals surface area contributed by atoms with Crippen LogP contribution in [0.4, 0.5) is 5.82 Å². The van der Waals surface area contributed by atoms with Crippen LogP contribution in [0.15, 0.2) is 24.3 Å². The molecule has 1 atom stereocenters. The Balaban J connectivity index is 2.00. The summed E-state index contributed by atoms with van der Waals surface area (Å²) in [6.07, 6.45) is 2.76. The number of benzene rings is 1. The van der Waals surface area contributed by atoms with Gasteiger partial charge >= 0.3 is 5.97 Å². The predicted octanol–water partition coefficient (Wildman–Crippen LogP) is 2.13. The first-order chi connectivity index (χ1) is 12.1. The van der Waals surface area contributed by atoms with Crippen LogP contribution in [0.2, 0.25) is 0 Å². The molecule has 1 saturated carbocycles. The molecule has 25 heavy (non-hydrogen) atoms. The van der Waals surface area contributed by atoms with Crippen molar-refractivity contribution in [3.05, 3.63) is 30.0 Å². The molecular formula is C18H20N4O3. The zero-order valence-corrected chi connectivity index (χ0v) is 14.0. The smallest absolute Gasteiger partial charge is 0.329 e. The molecule has 1 aromatic carbocycles. The second kappa shape index (κ2) is 7.45. The zero-order valence-electron chi connectivity index (χ0n) is 14.0. The largest absolute Gasteiger partial charge is 0.468 e. The Bertz CT molecular complexity index is 810. The van der Waals surface area contributed by atoms with E-state index >= 15 is 0 Å². The Hall–Kier alpha value is -2.72. The summed E-state index contributed by atoms with van der Waals surface area (Å²) >= 11 is 0. The lowest BCUT2D eigenvalue weighted by Gasteiger charge is -2.27. The third-order valence-corrected chi connectivity index (χ3v) is 4.47. The summed E-state index contributed by atoms with van der Waals surface area (Å²) in [5.41, 5.74) is 1.58. The second-order valence-electron chi connectivity index (χ2n) is 6.18. The maximum absolute atomic E-state index is 12.0. The number of para-hydroxylation sites is 2. The average molecular weight is 340 g/mol. The first kappa shape index (κ1) is 17.1. The Morgan fingerprint density at radius 1 is 1.28 bits per heavy atom. The van der Waals surface area contributed by atoms with Crippen molar-refractivity contribution in [2.24, 2.45) is 0 Å². The van der Waals surface area contributed by atoms with Crippen LogP contribution >= 0.6 is 0 Å². The lowest BCUT2D eigenvalue weighted by molar-refractivity contribution is -0.141. The minimum Gasteiger partial charge on any atom is -0.468 e. The average Bonchev–Trinajstić information content (AvgIpc) is 2.64. The number of nitrogens with one attached hydrogen (secondary N) is 1. The Morgan fingerprint density at radius 3 is 2.52 bits per heavy atom. The van der Waals surface area contributed by atoms with E-state index in [0.717, 1.165) is 12.8 Å². The van der Waals surface area contributed by atoms with E-state index < -0.39 is 11.9 Å². The van der Waals surface area contributed by atoms with Gasteiger partial charge in [-0.2, -0.15) is 5.26 Å². The van der Waals surface area contributed by atoms with Gasteiger partial charge in [0.2, 0.25) is 0 Å². The Labute approximate surface area is 145 Å². The van der Waals surface area contributed by atoms with Crippen molar-refractivity contribution < 1.29 is 14.6 Å². The molecule has 1 heterocycles. The fourth-order valence-corrected chi connectivity index (χ4v) is 3.08. The maximum Gasteiger partial charge on any atom is 0.329 e. The van der Waals surface area contributed by atoms with Crippen molar-refractivity contribution in [1.82, 2.24) is 9.97 Å². The molecule has 0 amide bonds. The van der Waals surface area contributed by atoms with Gasteiger partial charge in [-0.3, -0.25) is 4.79 Å². The van der Waals surface area contributed by atoms with Crippen LogP contribution in [0.5, 0.6) is 0 Å². The monoisotopic (exact) mass is 340 g/mol. The molecule has 0 aliphatic heterocycles. The summed E-state index contributed by atoms with van der Waals surface area (Å²) in [4.78, 5) is 21.1. The van der Waals surface area contributed by atoms with E-state index in [2.05, 4.69) is 15.3 Å². The second-order valence-corrected chi connectivity index (χ2v) is 6.18. The number of nitriles is 1. The lowest BCUT2D eigenvalue weighted by atomic mass is 9.93. The van der Waals surface area contributed by atoms with Crippen molar-refractivity contribution in [1.29, 1.82) is 5.26 Å². The van der Waals surface area contributed by atoms with Crippen molar-refractivity contribution in [3.63, 3.8) is 0 Å². The summed E-state index contributed by atoms with van der Waals surface area (Å²) in [5.74, 6) is -1.37. The first-order valence-corrected chi connectivity index (χ1v) is 8.31. The van der Waals surface area contributed by atoms with Crippen LogP contribution in [0.1, 0.15) is 37.3 Å². The molecular weight excluding hydrogens is 320 g/mol. The third-order valence-electron chi connectivity index (χ3n) is 4.47. The number of carbonyl (C=O) groups is 1. The Kier molecular flexibility index (Phi) is 5.10. The first-order valence-electron chi connectivity index (χ1n) is 8.31. The van der Waals surface area contributed by atoms with Crippen molar-refractivity contribution in [3.8, 4) is 6.07 Å². The lowest BCUT2D eigenvalue weighted by Crippen LogP contribution is -2.29. The number of esters is 1. The van der Waals surface area contributed by atoms with Crippen LogP contribution in [-0.4, -0.2) is 40.3 Å². The van der Waals surface area contributed by atoms with E-state index in [9.17, 15) is 15.2 Å². The van der Waals surface area contributed by atoms with Gasteiger partial charge in [-0.1, -0.05) is 12.1 Å². The number of fused-ring (bicyclic) bond motifs is 1. The van der Waals surface area contributed by atoms with Gasteiger partial charge in [-0.15, -0.1) is 0 Å². The number of hydrogen-bond acceptors (Lipinski definition) is 7. The number of carbonyl (C=O) groups excluding carboxylic acids is 1. The number of methoxy groups -OCH3 is 1. The number of aromatic nitrogens is 2. The van der Waals surface area contributed by atoms with E-state index in [1.807, 2.05) is 24.3 Å². The van der Waals surface area contributed by atoms with Crippen LogP contribution in [0.3, 0.4) is 0 Å². The molecule has 7 nitrogen and oxygen atoms in total. The minimum atomic E-state index is -1.14. The van der Waals surface area contributed by atoms with E-state index in [0.29, 0.717) is 29.7 Å². The van der Waals surface area contributed by atoms with E-state index in [1.165, 1.54) is 7.11 Å². The molecule has 1 aromatic heterocycles. The highest BCUT2D eigenvalue weighted by Gasteiger charge is 2.29. The van der Waals surface area contributed by atoms with Gasteiger partial charge in [0.05, 0.1) is 30.3 Å². The van der Waals surface area contributed by atoms with Crippen LogP contribution in [0.25, 0.3) is 11.0 Å². The number of aliphatic hydroxyl groups excluding tert-OH is 1. The maximum atomic E-state index is 12.0. The number of ether oxygens (including phenoxy) is 1. The topological polar surface area (TPSA) is 108 Å². The van der Waals surface area contributed by atoms with E-state index in [4.69, 9.17) is 4.74 Å². The van der Waals surface area contributed by atoms with Gasteiger partial charge in [0, 0.05) is 6.04 Å². The molecule has 0 radical (unpaired) electrons. The van der Waals surface area contributed by atoms with Crippen molar-refractivity contribution >= 4 is 22.8 Å². The highest BCUT2D eigenvalue weighted by molar-refractivity contribution is 5.84. The van der Waals surface area contributed by atoms with Crippen LogP contribution in [0, 0.1) is 11.3 Å². The van der Waals surface area contributed by atoms with Gasteiger partial charge in [-0.25, -0.2) is 9.97 Å². The van der Waals surface area contributed by atoms with Gasteiger partial charge in [0.1, 0.15) is 5.69 Å². The van der Waals surface area contributed by atoms with Crippen molar-refractivity contribution in [2.75, 3.05) is 12.4 Å². The van der Waals surface area contributed by atoms with Gasteiger partial charge < -0.3 is 15.2 Å². The van der Waals surface area contributed by atoms with Gasteiger partial charge in [0.15, 0.2) is 11.7 Å². The molecule has 2 N–H and O–H groups in total. The normalized spacial score (nSPS) is 21.3. The molecule has 0 saturated heterocycles. The van der Waals surface area contributed by atoms with Crippen LogP contribution in [-0.2, 0) is 9.53 Å². The molecule has 3 rings (SSSR count). The molecule has 0 spiro atoms. The molecule has 1 aliphatic rings. The number of rotatable bonds is 4. The van der Waals surface area contributed by atoms with Crippen LogP contribution < -0.4 is 5.32 Å². The minimum absolute atomic E-state index is 0.120. The van der Waals surface area contributed by atoms with E-state index in [-0.39, 0.29) is 17.8 Å². The fraction of sp³-hybridized carbons (Fsp3) is 0.444. The summed E-state index contributed by atoms with van der Waals surface area (Å²) < 4.78 is 4.74. The predicted molar refractivity (Wildman–Crippen MR) is 91.8 cm³/mol. The summed E-state index contributed by atoms with van der Waals surface area (Å²) in [5, 5.41) is 22.4. The SMILES string of the molecule is COC(=O)C(C#N)c1nc2ccccc2nc1NC1CCC(O)CC1. The molecule has 1 aliphatic carbocycles. The quantitative estimate of drug-likeness (QED) is 0.821. The number of nitrogens with zero attached hydrogens (tertiary/aromatic N) is 3. The summed E-state index contributed by atoms with van der Waals surface area (Å²) in [6, 6.07) is 9.40. The van der Waals surface area contributed by atoms with Gasteiger partial charge in [-0.05, 0) is 37.8 Å². The Morgan fingerprint density at radius 2 is 1.92 bits per heavy atom. The number of aliphatic hydroxyl groups is 1. The summed E-state index contributed by atoms with van der Waals surface area (Å²) in [7, 11) is 1.25. The molecule has 7 heteroatoms. The van der Waals surface area contributed by atoms with E-state index in [1.54, 1.807) is 6.07 Å². The fourth-order valence-electron chi connectivity index (χ4n) is 3.08. The van der Waals surface area contributed by atoms with Crippen molar-refractivity contribution in [2.45, 2.75) is 43.7 Å². The molecule has 0 bridgehead atoms. The molecule has 1 fully saturated rings.